The number of aromatic nitrogens is 1. The minimum absolute atomic E-state index is 0.583. The molecule has 2 heterocycles. The molecule has 146 valence electrons. The number of hydrogen-bond donors (Lipinski definition) is 3. The number of aromatic amines is 1. The van der Waals surface area contributed by atoms with Crippen molar-refractivity contribution < 1.29 is 9.90 Å². The van der Waals surface area contributed by atoms with Gasteiger partial charge in [0, 0.05) is 49.3 Å². The van der Waals surface area contributed by atoms with Crippen LogP contribution in [0, 0.1) is 0 Å². The van der Waals surface area contributed by atoms with Crippen LogP contribution in [0.4, 0.5) is 0 Å². The predicted molar refractivity (Wildman–Crippen MR) is 107 cm³/mol. The second-order valence-electron chi connectivity index (χ2n) is 7.91. The van der Waals surface area contributed by atoms with Crippen molar-refractivity contribution in [1.29, 1.82) is 0 Å². The van der Waals surface area contributed by atoms with Gasteiger partial charge < -0.3 is 15.8 Å². The maximum Gasteiger partial charge on any atom is 0.325 e. The van der Waals surface area contributed by atoms with Crippen LogP contribution in [0.1, 0.15) is 42.9 Å². The summed E-state index contributed by atoms with van der Waals surface area (Å²) in [6.07, 6.45) is 8.06. The number of rotatable bonds is 6. The van der Waals surface area contributed by atoms with E-state index in [2.05, 4.69) is 14.8 Å². The van der Waals surface area contributed by atoms with E-state index in [-0.39, 0.29) is 0 Å². The highest BCUT2D eigenvalue weighted by Gasteiger charge is 2.33. The lowest BCUT2D eigenvalue weighted by atomic mass is 10.00. The summed E-state index contributed by atoms with van der Waals surface area (Å²) in [7, 11) is 0. The molecule has 1 aliphatic heterocycles. The molecule has 0 bridgehead atoms. The second kappa shape index (κ2) is 8.00. The number of carboxylic acid groups (broad SMARTS) is 1. The van der Waals surface area contributed by atoms with Crippen molar-refractivity contribution in [3.63, 3.8) is 0 Å². The standard InChI is InChI=1S/C21H30N4O2/c22-8-7-16-14-23-19-6-5-15(13-18(16)19)20(21(26)27)25-11-9-24(10-12-25)17-3-1-2-4-17/h5-6,13-14,17,20,23H,1-4,7-12,22H2,(H,26,27). The Bertz CT molecular complexity index is 789. The Morgan fingerprint density at radius 1 is 1.22 bits per heavy atom. The molecule has 1 aromatic heterocycles. The fourth-order valence-corrected chi connectivity index (χ4v) is 4.87. The second-order valence-corrected chi connectivity index (χ2v) is 7.91. The molecular formula is C21H30N4O2. The average Bonchev–Trinajstić information content (AvgIpc) is 3.33. The molecule has 6 nitrogen and oxygen atoms in total. The third kappa shape index (κ3) is 3.74. The largest absolute Gasteiger partial charge is 0.480 e. The minimum Gasteiger partial charge on any atom is -0.480 e. The van der Waals surface area contributed by atoms with Gasteiger partial charge in [0.2, 0.25) is 0 Å². The quantitative estimate of drug-likeness (QED) is 0.727. The van der Waals surface area contributed by atoms with Gasteiger partial charge in [-0.3, -0.25) is 14.6 Å². The van der Waals surface area contributed by atoms with Gasteiger partial charge in [-0.1, -0.05) is 18.9 Å². The molecule has 6 heteroatoms. The molecule has 0 spiro atoms. The van der Waals surface area contributed by atoms with Gasteiger partial charge in [-0.2, -0.15) is 0 Å². The molecule has 1 unspecified atom stereocenters. The van der Waals surface area contributed by atoms with E-state index in [1.165, 1.54) is 25.7 Å². The molecular weight excluding hydrogens is 340 g/mol. The molecule has 1 atom stereocenters. The predicted octanol–water partition coefficient (Wildman–Crippen LogP) is 2.36. The van der Waals surface area contributed by atoms with Crippen molar-refractivity contribution in [2.75, 3.05) is 32.7 Å². The van der Waals surface area contributed by atoms with Gasteiger partial charge in [0.05, 0.1) is 0 Å². The van der Waals surface area contributed by atoms with Gasteiger partial charge in [-0.25, -0.2) is 0 Å². The average molecular weight is 370 g/mol. The number of fused-ring (bicyclic) bond motifs is 1. The van der Waals surface area contributed by atoms with E-state index in [0.717, 1.165) is 54.6 Å². The summed E-state index contributed by atoms with van der Waals surface area (Å²) in [5, 5.41) is 11.1. The number of carboxylic acids is 1. The van der Waals surface area contributed by atoms with E-state index >= 15 is 0 Å². The number of piperazine rings is 1. The van der Waals surface area contributed by atoms with Crippen molar-refractivity contribution >= 4 is 16.9 Å². The van der Waals surface area contributed by atoms with E-state index in [1.54, 1.807) is 0 Å². The number of nitrogens with two attached hydrogens (primary N) is 1. The first kappa shape index (κ1) is 18.5. The molecule has 2 fully saturated rings. The molecule has 2 aliphatic rings. The molecule has 4 rings (SSSR count). The normalized spacial score (nSPS) is 21.1. The summed E-state index contributed by atoms with van der Waals surface area (Å²) in [6.45, 7) is 4.16. The van der Waals surface area contributed by atoms with E-state index < -0.39 is 12.0 Å². The summed E-state index contributed by atoms with van der Waals surface area (Å²) in [5.41, 5.74) is 8.78. The number of nitrogens with one attached hydrogen (secondary N) is 1. The Morgan fingerprint density at radius 3 is 2.63 bits per heavy atom. The Hall–Kier alpha value is -1.89. The molecule has 1 aliphatic carbocycles. The first-order valence-corrected chi connectivity index (χ1v) is 10.2. The lowest BCUT2D eigenvalue weighted by Gasteiger charge is -2.40. The summed E-state index contributed by atoms with van der Waals surface area (Å²) < 4.78 is 0. The van der Waals surface area contributed by atoms with Crippen LogP contribution in [0.2, 0.25) is 0 Å². The third-order valence-corrected chi connectivity index (χ3v) is 6.31. The van der Waals surface area contributed by atoms with E-state index in [4.69, 9.17) is 5.73 Å². The van der Waals surface area contributed by atoms with Crippen LogP contribution in [0.3, 0.4) is 0 Å². The maximum absolute atomic E-state index is 12.1. The van der Waals surface area contributed by atoms with E-state index in [0.29, 0.717) is 12.6 Å². The third-order valence-electron chi connectivity index (χ3n) is 6.31. The Balaban J connectivity index is 1.53. The molecule has 1 saturated heterocycles. The topological polar surface area (TPSA) is 85.6 Å². The SMILES string of the molecule is NCCc1c[nH]c2ccc(C(C(=O)O)N3CCN(C4CCCC4)CC3)cc12. The smallest absolute Gasteiger partial charge is 0.325 e. The highest BCUT2D eigenvalue weighted by atomic mass is 16.4. The zero-order valence-electron chi connectivity index (χ0n) is 15.9. The van der Waals surface area contributed by atoms with Crippen LogP contribution in [0.5, 0.6) is 0 Å². The zero-order chi connectivity index (χ0) is 18.8. The fourth-order valence-electron chi connectivity index (χ4n) is 4.87. The lowest BCUT2D eigenvalue weighted by Crippen LogP contribution is -2.51. The highest BCUT2D eigenvalue weighted by molar-refractivity contribution is 5.86. The summed E-state index contributed by atoms with van der Waals surface area (Å²) in [4.78, 5) is 20.1. The van der Waals surface area contributed by atoms with E-state index in [1.807, 2.05) is 24.4 Å². The molecule has 4 N–H and O–H groups in total. The summed E-state index contributed by atoms with van der Waals surface area (Å²) in [5.74, 6) is -0.764. The van der Waals surface area contributed by atoms with Crippen LogP contribution in [-0.2, 0) is 11.2 Å². The first-order valence-electron chi connectivity index (χ1n) is 10.2. The number of aliphatic carboxylic acids is 1. The first-order chi connectivity index (χ1) is 13.2. The minimum atomic E-state index is -0.764. The Labute approximate surface area is 160 Å². The summed E-state index contributed by atoms with van der Waals surface area (Å²) >= 11 is 0. The number of hydrogen-bond acceptors (Lipinski definition) is 4. The van der Waals surface area contributed by atoms with Crippen molar-refractivity contribution in [2.45, 2.75) is 44.2 Å². The fraction of sp³-hybridized carbons (Fsp3) is 0.571. The van der Waals surface area contributed by atoms with Gasteiger partial charge >= 0.3 is 5.97 Å². The maximum atomic E-state index is 12.1. The number of nitrogens with zero attached hydrogens (tertiary/aromatic N) is 2. The molecule has 27 heavy (non-hydrogen) atoms. The Morgan fingerprint density at radius 2 is 1.96 bits per heavy atom. The van der Waals surface area contributed by atoms with Gasteiger partial charge in [-0.05, 0) is 49.1 Å². The van der Waals surface area contributed by atoms with Crippen LogP contribution >= 0.6 is 0 Å². The van der Waals surface area contributed by atoms with Gasteiger partial charge in [0.1, 0.15) is 6.04 Å². The lowest BCUT2D eigenvalue weighted by molar-refractivity contribution is -0.144. The Kier molecular flexibility index (Phi) is 5.48. The van der Waals surface area contributed by atoms with Crippen molar-refractivity contribution in [3.8, 4) is 0 Å². The van der Waals surface area contributed by atoms with Gasteiger partial charge in [0.15, 0.2) is 0 Å². The number of H-pyrrole nitrogens is 1. The van der Waals surface area contributed by atoms with Crippen molar-refractivity contribution in [3.05, 3.63) is 35.5 Å². The van der Waals surface area contributed by atoms with E-state index in [9.17, 15) is 9.90 Å². The van der Waals surface area contributed by atoms with Crippen molar-refractivity contribution in [1.82, 2.24) is 14.8 Å². The molecule has 0 radical (unpaired) electrons. The van der Waals surface area contributed by atoms with Crippen LogP contribution in [0.15, 0.2) is 24.4 Å². The molecule has 2 aromatic rings. The monoisotopic (exact) mass is 370 g/mol. The number of carbonyl (C=O) groups is 1. The van der Waals surface area contributed by atoms with Gasteiger partial charge in [0.25, 0.3) is 0 Å². The summed E-state index contributed by atoms with van der Waals surface area (Å²) in [6, 6.07) is 6.12. The van der Waals surface area contributed by atoms with Gasteiger partial charge in [-0.15, -0.1) is 0 Å². The highest BCUT2D eigenvalue weighted by Crippen LogP contribution is 2.30. The molecule has 0 amide bonds. The zero-order valence-corrected chi connectivity index (χ0v) is 15.9. The van der Waals surface area contributed by atoms with Crippen LogP contribution in [-0.4, -0.2) is 64.6 Å². The van der Waals surface area contributed by atoms with Crippen LogP contribution in [0.25, 0.3) is 10.9 Å². The molecule has 1 aromatic carbocycles. The van der Waals surface area contributed by atoms with Crippen molar-refractivity contribution in [2.24, 2.45) is 5.73 Å². The number of benzene rings is 1. The van der Waals surface area contributed by atoms with Crippen LogP contribution < -0.4 is 5.73 Å². The molecule has 1 saturated carbocycles.